The fourth-order valence-electron chi connectivity index (χ4n) is 2.04. The molecule has 26 heavy (non-hydrogen) atoms. The Hall–Kier alpha value is -3.75. The molecule has 2 amide bonds. The van der Waals surface area contributed by atoms with Crippen LogP contribution >= 0.6 is 0 Å². The predicted molar refractivity (Wildman–Crippen MR) is 92.8 cm³/mol. The summed E-state index contributed by atoms with van der Waals surface area (Å²) in [5.74, 6) is -2.64. The van der Waals surface area contributed by atoms with E-state index in [0.29, 0.717) is 5.69 Å². The van der Waals surface area contributed by atoms with E-state index in [0.717, 1.165) is 29.5 Å². The predicted octanol–water partition coefficient (Wildman–Crippen LogP) is 1.37. The fraction of sp³-hybridized carbons (Fsp3) is 0.118. The number of nitrogens with one attached hydrogen (secondary N) is 2. The summed E-state index contributed by atoms with van der Waals surface area (Å²) in [6.07, 6.45) is 1.09. The van der Waals surface area contributed by atoms with Crippen molar-refractivity contribution in [2.24, 2.45) is 5.10 Å². The van der Waals surface area contributed by atoms with E-state index in [1.807, 2.05) is 25.3 Å². The smallest absolute Gasteiger partial charge is 0.329 e. The average Bonchev–Trinajstić information content (AvgIpc) is 2.60. The van der Waals surface area contributed by atoms with Gasteiger partial charge in [-0.15, -0.1) is 0 Å². The normalized spacial score (nSPS) is 10.5. The van der Waals surface area contributed by atoms with Gasteiger partial charge in [0, 0.05) is 17.3 Å². The van der Waals surface area contributed by atoms with Crippen LogP contribution in [0.4, 0.5) is 11.4 Å². The molecule has 2 aromatic rings. The average molecular weight is 355 g/mol. The minimum Gasteiger partial charge on any atom is -0.868 e. The van der Waals surface area contributed by atoms with Gasteiger partial charge in [-0.1, -0.05) is 24.3 Å². The second-order valence-electron chi connectivity index (χ2n) is 5.38. The summed E-state index contributed by atoms with van der Waals surface area (Å²) in [7, 11) is 0. The van der Waals surface area contributed by atoms with Crippen molar-refractivity contribution in [3.8, 4) is 5.75 Å². The van der Waals surface area contributed by atoms with Crippen molar-refractivity contribution in [1.29, 1.82) is 0 Å². The van der Waals surface area contributed by atoms with Crippen molar-refractivity contribution >= 4 is 29.4 Å². The summed E-state index contributed by atoms with van der Waals surface area (Å²) in [4.78, 5) is 33.5. The molecule has 0 unspecified atom stereocenters. The molecule has 0 atom stereocenters. The van der Waals surface area contributed by atoms with Crippen LogP contribution in [0, 0.1) is 24.0 Å². The molecule has 0 fully saturated rings. The Bertz CT molecular complexity index is 908. The Morgan fingerprint density at radius 3 is 2.58 bits per heavy atom. The number of nitrogens with zero attached hydrogens (tertiary/aromatic N) is 2. The maximum absolute atomic E-state index is 11.9. The largest absolute Gasteiger partial charge is 0.868 e. The summed E-state index contributed by atoms with van der Waals surface area (Å²) < 4.78 is 0. The van der Waals surface area contributed by atoms with E-state index in [9.17, 15) is 24.8 Å². The first-order chi connectivity index (χ1) is 12.3. The molecule has 0 bridgehead atoms. The Labute approximate surface area is 148 Å². The van der Waals surface area contributed by atoms with Crippen LogP contribution in [-0.2, 0) is 9.59 Å². The van der Waals surface area contributed by atoms with E-state index in [1.165, 1.54) is 6.07 Å². The lowest BCUT2D eigenvalue weighted by atomic mass is 10.1. The van der Waals surface area contributed by atoms with E-state index in [1.54, 1.807) is 12.1 Å². The molecule has 0 aliphatic carbocycles. The first-order valence-electron chi connectivity index (χ1n) is 7.45. The number of hydrogen-bond donors (Lipinski definition) is 2. The van der Waals surface area contributed by atoms with Gasteiger partial charge in [-0.25, -0.2) is 5.43 Å². The molecule has 9 heteroatoms. The molecular weight excluding hydrogens is 340 g/mol. The number of anilines is 1. The van der Waals surface area contributed by atoms with E-state index < -0.39 is 28.2 Å². The highest BCUT2D eigenvalue weighted by atomic mass is 16.6. The highest BCUT2D eigenvalue weighted by molar-refractivity contribution is 6.39. The molecule has 134 valence electrons. The Kier molecular flexibility index (Phi) is 5.63. The first kappa shape index (κ1) is 18.6. The van der Waals surface area contributed by atoms with Crippen molar-refractivity contribution in [2.75, 3.05) is 5.32 Å². The fourth-order valence-corrected chi connectivity index (χ4v) is 2.04. The molecule has 0 aromatic heterocycles. The van der Waals surface area contributed by atoms with Gasteiger partial charge in [0.15, 0.2) is 0 Å². The molecular formula is C17H15N4O5-. The van der Waals surface area contributed by atoms with Gasteiger partial charge in [0.05, 0.1) is 11.1 Å². The first-order valence-corrected chi connectivity index (χ1v) is 7.45. The van der Waals surface area contributed by atoms with Crippen LogP contribution in [0.5, 0.6) is 5.75 Å². The van der Waals surface area contributed by atoms with Crippen LogP contribution in [0.1, 0.15) is 16.7 Å². The Morgan fingerprint density at radius 2 is 1.88 bits per heavy atom. The van der Waals surface area contributed by atoms with Crippen molar-refractivity contribution in [2.45, 2.75) is 13.8 Å². The van der Waals surface area contributed by atoms with Gasteiger partial charge in [0.2, 0.25) is 0 Å². The van der Waals surface area contributed by atoms with Gasteiger partial charge in [-0.05, 0) is 36.8 Å². The number of amides is 2. The number of nitro benzene ring substituents is 1. The lowest BCUT2D eigenvalue weighted by Crippen LogP contribution is -2.32. The van der Waals surface area contributed by atoms with E-state index in [-0.39, 0.29) is 5.56 Å². The summed E-state index contributed by atoms with van der Waals surface area (Å²) in [5, 5.41) is 28.0. The maximum atomic E-state index is 11.9. The Balaban J connectivity index is 2.00. The molecule has 0 spiro atoms. The molecule has 2 rings (SSSR count). The number of hydrazone groups is 1. The molecule has 9 nitrogen and oxygen atoms in total. The van der Waals surface area contributed by atoms with E-state index in [4.69, 9.17) is 0 Å². The van der Waals surface area contributed by atoms with Gasteiger partial charge >= 0.3 is 11.8 Å². The van der Waals surface area contributed by atoms with E-state index in [2.05, 4.69) is 10.4 Å². The van der Waals surface area contributed by atoms with E-state index >= 15 is 0 Å². The molecule has 0 saturated heterocycles. The van der Waals surface area contributed by atoms with Gasteiger partial charge in [-0.2, -0.15) is 5.10 Å². The minimum atomic E-state index is -1.00. The summed E-state index contributed by atoms with van der Waals surface area (Å²) in [6, 6.07) is 8.65. The lowest BCUT2D eigenvalue weighted by Gasteiger charge is -2.09. The number of carbonyl (C=O) groups excluding carboxylic acids is 2. The van der Waals surface area contributed by atoms with Crippen molar-refractivity contribution in [3.05, 3.63) is 63.2 Å². The van der Waals surface area contributed by atoms with Gasteiger partial charge < -0.3 is 10.4 Å². The Morgan fingerprint density at radius 1 is 1.15 bits per heavy atom. The summed E-state index contributed by atoms with van der Waals surface area (Å²) in [6.45, 7) is 3.69. The third kappa shape index (κ3) is 4.41. The number of nitro groups is 1. The van der Waals surface area contributed by atoms with Crippen LogP contribution in [-0.4, -0.2) is 23.0 Å². The van der Waals surface area contributed by atoms with Gasteiger partial charge in [-0.3, -0.25) is 19.7 Å². The number of rotatable bonds is 4. The highest BCUT2D eigenvalue weighted by Crippen LogP contribution is 2.22. The topological polar surface area (TPSA) is 137 Å². The molecule has 2 aromatic carbocycles. The standard InChI is InChI=1S/C17H16N4O5/c1-10-4-3-5-13(11(10)2)19-16(23)17(24)20-18-9-12-6-7-15(22)14(8-12)21(25)26/h3-9,22H,1-2H3,(H,19,23)(H,20,24)/p-1/b18-9-. The molecule has 2 N–H and O–H groups in total. The number of benzene rings is 2. The van der Waals surface area contributed by atoms with Crippen molar-refractivity contribution in [3.63, 3.8) is 0 Å². The van der Waals surface area contributed by atoms with Crippen LogP contribution in [0.3, 0.4) is 0 Å². The zero-order chi connectivity index (χ0) is 19.3. The quantitative estimate of drug-likeness (QED) is 0.369. The van der Waals surface area contributed by atoms with Gasteiger partial charge in [0.25, 0.3) is 5.69 Å². The highest BCUT2D eigenvalue weighted by Gasteiger charge is 2.14. The third-order valence-electron chi connectivity index (χ3n) is 3.62. The van der Waals surface area contributed by atoms with Crippen molar-refractivity contribution < 1.29 is 19.6 Å². The van der Waals surface area contributed by atoms with Crippen LogP contribution in [0.2, 0.25) is 0 Å². The third-order valence-corrected chi connectivity index (χ3v) is 3.62. The lowest BCUT2D eigenvalue weighted by molar-refractivity contribution is -0.398. The monoisotopic (exact) mass is 355 g/mol. The summed E-state index contributed by atoms with van der Waals surface area (Å²) in [5.41, 5.74) is 3.95. The van der Waals surface area contributed by atoms with Crippen LogP contribution in [0.25, 0.3) is 0 Å². The van der Waals surface area contributed by atoms with Crippen LogP contribution < -0.4 is 15.8 Å². The molecule has 0 aliphatic rings. The molecule has 0 radical (unpaired) electrons. The maximum Gasteiger partial charge on any atom is 0.329 e. The minimum absolute atomic E-state index is 0.228. The van der Waals surface area contributed by atoms with Crippen LogP contribution in [0.15, 0.2) is 41.5 Å². The second kappa shape index (κ2) is 7.88. The molecule has 0 aliphatic heterocycles. The number of aryl methyl sites for hydroxylation is 1. The van der Waals surface area contributed by atoms with Gasteiger partial charge in [0.1, 0.15) is 0 Å². The second-order valence-corrected chi connectivity index (χ2v) is 5.38. The molecule has 0 saturated carbocycles. The molecule has 0 heterocycles. The number of carbonyl (C=O) groups is 2. The SMILES string of the molecule is Cc1cccc(NC(=O)C(=O)N/N=C\c2ccc([O-])c([N+](=O)[O-])c2)c1C. The number of hydrogen-bond acceptors (Lipinski definition) is 6. The van der Waals surface area contributed by atoms with Crippen molar-refractivity contribution in [1.82, 2.24) is 5.43 Å². The zero-order valence-corrected chi connectivity index (χ0v) is 14.0. The summed E-state index contributed by atoms with van der Waals surface area (Å²) >= 11 is 0. The zero-order valence-electron chi connectivity index (χ0n) is 14.0.